The summed E-state index contributed by atoms with van der Waals surface area (Å²) < 4.78 is 0. The van der Waals surface area contributed by atoms with Gasteiger partial charge in [-0.2, -0.15) is 0 Å². The molecule has 0 heterocycles. The van der Waals surface area contributed by atoms with Crippen LogP contribution in [0.4, 0.5) is 0 Å². The molecule has 0 saturated heterocycles. The lowest BCUT2D eigenvalue weighted by Crippen LogP contribution is -1.95. The maximum atomic E-state index is 9.69. The molecule has 2 nitrogen and oxygen atoms in total. The quantitative estimate of drug-likeness (QED) is 0.559. The molecule has 0 aromatic rings. The smallest absolute Gasteiger partial charge is 0.0822 e. The second-order valence-electron chi connectivity index (χ2n) is 3.73. The van der Waals surface area contributed by atoms with Crippen LogP contribution >= 0.6 is 0 Å². The summed E-state index contributed by atoms with van der Waals surface area (Å²) in [5.41, 5.74) is 8.98. The van der Waals surface area contributed by atoms with Crippen LogP contribution in [0, 0.1) is 0 Å². The summed E-state index contributed by atoms with van der Waals surface area (Å²) in [5.74, 6) is 0. The lowest BCUT2D eigenvalue weighted by Gasteiger charge is -1.84. The second kappa shape index (κ2) is 23.9. The summed E-state index contributed by atoms with van der Waals surface area (Å²) in [6, 6.07) is 0. The van der Waals surface area contributed by atoms with E-state index >= 15 is 0 Å². The first-order valence-corrected chi connectivity index (χ1v) is 6.21. The zero-order valence-electron chi connectivity index (χ0n) is 11.6. The molecule has 0 fully saturated rings. The van der Waals surface area contributed by atoms with E-state index in [1.54, 1.807) is 0 Å². The number of hydrogen-bond acceptors (Lipinski definition) is 1. The van der Waals surface area contributed by atoms with Crippen molar-refractivity contribution in [2.75, 3.05) is 13.2 Å². The van der Waals surface area contributed by atoms with Crippen LogP contribution in [0.1, 0.15) is 59.8 Å². The number of hydrogen-bond donors (Lipinski definition) is 1. The average molecular weight is 228 g/mol. The molecule has 0 aliphatic carbocycles. The van der Waals surface area contributed by atoms with Gasteiger partial charge in [0.25, 0.3) is 0 Å². The molecule has 0 spiro atoms. The highest BCUT2D eigenvalue weighted by molar-refractivity contribution is 4.87. The van der Waals surface area contributed by atoms with Gasteiger partial charge in [-0.15, -0.1) is 5.73 Å². The van der Waals surface area contributed by atoms with E-state index in [0.717, 1.165) is 31.4 Å². The molecule has 1 radical (unpaired) electrons. The largest absolute Gasteiger partial charge is 0.330 e. The van der Waals surface area contributed by atoms with Crippen molar-refractivity contribution in [3.63, 3.8) is 0 Å². The van der Waals surface area contributed by atoms with Crippen molar-refractivity contribution < 1.29 is 5.11 Å². The van der Waals surface area contributed by atoms with Crippen molar-refractivity contribution in [2.24, 2.45) is 5.73 Å². The Kier molecular flexibility index (Phi) is 31.1. The Bertz CT molecular complexity index is 139. The SMILES string of the molecule is C=C=C(C)C.CCCCC[O].CCCCN. The molecule has 0 rings (SSSR count). The van der Waals surface area contributed by atoms with Gasteiger partial charge < -0.3 is 5.73 Å². The zero-order valence-corrected chi connectivity index (χ0v) is 11.6. The van der Waals surface area contributed by atoms with Crippen LogP contribution in [0.15, 0.2) is 17.9 Å². The Labute approximate surface area is 102 Å². The van der Waals surface area contributed by atoms with Gasteiger partial charge >= 0.3 is 0 Å². The molecule has 2 N–H and O–H groups in total. The van der Waals surface area contributed by atoms with Crippen LogP contribution in [0.25, 0.3) is 0 Å². The molecular weight excluding hydrogens is 198 g/mol. The summed E-state index contributed by atoms with van der Waals surface area (Å²) >= 11 is 0. The maximum Gasteiger partial charge on any atom is 0.0822 e. The van der Waals surface area contributed by atoms with Crippen LogP contribution in [0.3, 0.4) is 0 Å². The fraction of sp³-hybridized carbons (Fsp3) is 0.786. The van der Waals surface area contributed by atoms with E-state index in [2.05, 4.69) is 26.2 Å². The van der Waals surface area contributed by atoms with Gasteiger partial charge in [0.1, 0.15) is 0 Å². The van der Waals surface area contributed by atoms with Gasteiger partial charge in [-0.05, 0) is 38.8 Å². The molecule has 97 valence electrons. The molecule has 2 heteroatoms. The van der Waals surface area contributed by atoms with Crippen LogP contribution in [0.2, 0.25) is 0 Å². The predicted octanol–water partition coefficient (Wildman–Crippen LogP) is 4.09. The highest BCUT2D eigenvalue weighted by Gasteiger charge is 1.77. The Balaban J connectivity index is -0.000000160. The Morgan fingerprint density at radius 1 is 1.12 bits per heavy atom. The minimum Gasteiger partial charge on any atom is -0.330 e. The summed E-state index contributed by atoms with van der Waals surface area (Å²) in [6.07, 6.45) is 5.50. The molecule has 0 aromatic heterocycles. The molecule has 0 aromatic carbocycles. The van der Waals surface area contributed by atoms with E-state index in [1.807, 2.05) is 13.8 Å². The number of rotatable bonds is 5. The van der Waals surface area contributed by atoms with Gasteiger partial charge in [-0.1, -0.05) is 39.7 Å². The normalized spacial score (nSPS) is 7.88. The molecule has 0 amide bonds. The fourth-order valence-corrected chi connectivity index (χ4v) is 0.556. The first-order valence-electron chi connectivity index (χ1n) is 6.21. The Morgan fingerprint density at radius 3 is 1.62 bits per heavy atom. The third kappa shape index (κ3) is 50.1. The third-order valence-electron chi connectivity index (χ3n) is 1.66. The average Bonchev–Trinajstić information content (AvgIpc) is 2.29. The van der Waals surface area contributed by atoms with Gasteiger partial charge in [0.2, 0.25) is 0 Å². The number of allylic oxidation sites excluding steroid dienone is 1. The standard InChI is InChI=1S/C5H11O.C5H8.C4H11N/c1-2-3-4-5-6;1-4-5(2)3;1-2-3-4-5/h2-5H2,1H3;1H2,2-3H3;2-5H2,1H3. The van der Waals surface area contributed by atoms with Crippen molar-refractivity contribution in [1.29, 1.82) is 0 Å². The van der Waals surface area contributed by atoms with E-state index < -0.39 is 0 Å². The molecule has 0 aliphatic rings. The van der Waals surface area contributed by atoms with E-state index in [1.165, 1.54) is 12.8 Å². The monoisotopic (exact) mass is 228 g/mol. The first kappa shape index (κ1) is 20.8. The van der Waals surface area contributed by atoms with Gasteiger partial charge in [0, 0.05) is 0 Å². The number of nitrogens with two attached hydrogens (primary N) is 1. The fourth-order valence-electron chi connectivity index (χ4n) is 0.556. The minimum atomic E-state index is 0.105. The molecule has 0 unspecified atom stereocenters. The van der Waals surface area contributed by atoms with Gasteiger partial charge in [-0.25, -0.2) is 5.11 Å². The van der Waals surface area contributed by atoms with Crippen molar-refractivity contribution >= 4 is 0 Å². The van der Waals surface area contributed by atoms with Crippen LogP contribution in [-0.2, 0) is 5.11 Å². The highest BCUT2D eigenvalue weighted by Crippen LogP contribution is 1.89. The van der Waals surface area contributed by atoms with Crippen molar-refractivity contribution in [2.45, 2.75) is 59.8 Å². The molecule has 0 bridgehead atoms. The summed E-state index contributed by atoms with van der Waals surface area (Å²) in [5, 5.41) is 9.69. The lowest BCUT2D eigenvalue weighted by atomic mass is 10.3. The third-order valence-corrected chi connectivity index (χ3v) is 1.66. The molecular formula is C14H30NO. The molecule has 0 atom stereocenters. The maximum absolute atomic E-state index is 9.69. The molecule has 0 saturated carbocycles. The van der Waals surface area contributed by atoms with Gasteiger partial charge in [0.15, 0.2) is 0 Å². The van der Waals surface area contributed by atoms with Crippen molar-refractivity contribution in [3.8, 4) is 0 Å². The Hall–Kier alpha value is -0.560. The van der Waals surface area contributed by atoms with Crippen LogP contribution in [0.5, 0.6) is 0 Å². The topological polar surface area (TPSA) is 45.9 Å². The second-order valence-corrected chi connectivity index (χ2v) is 3.73. The predicted molar refractivity (Wildman–Crippen MR) is 73.0 cm³/mol. The van der Waals surface area contributed by atoms with Gasteiger partial charge in [0.05, 0.1) is 6.61 Å². The molecule has 0 aliphatic heterocycles. The van der Waals surface area contributed by atoms with E-state index in [0.29, 0.717) is 0 Å². The van der Waals surface area contributed by atoms with Crippen LogP contribution < -0.4 is 5.73 Å². The van der Waals surface area contributed by atoms with Crippen molar-refractivity contribution in [3.05, 3.63) is 17.9 Å². The summed E-state index contributed by atoms with van der Waals surface area (Å²) in [7, 11) is 0. The summed E-state index contributed by atoms with van der Waals surface area (Å²) in [6.45, 7) is 12.5. The zero-order chi connectivity index (χ0) is 13.2. The van der Waals surface area contributed by atoms with E-state index in [-0.39, 0.29) is 6.61 Å². The first-order chi connectivity index (χ1) is 7.60. The van der Waals surface area contributed by atoms with E-state index in [4.69, 9.17) is 5.73 Å². The Morgan fingerprint density at radius 2 is 1.56 bits per heavy atom. The van der Waals surface area contributed by atoms with Gasteiger partial charge in [-0.3, -0.25) is 0 Å². The highest BCUT2D eigenvalue weighted by atomic mass is 16.2. The van der Waals surface area contributed by atoms with Crippen molar-refractivity contribution in [1.82, 2.24) is 0 Å². The lowest BCUT2D eigenvalue weighted by molar-refractivity contribution is 0.186. The van der Waals surface area contributed by atoms with Crippen LogP contribution in [-0.4, -0.2) is 13.2 Å². The van der Waals surface area contributed by atoms with E-state index in [9.17, 15) is 5.11 Å². The number of unbranched alkanes of at least 4 members (excludes halogenated alkanes) is 3. The molecule has 16 heavy (non-hydrogen) atoms. The summed E-state index contributed by atoms with van der Waals surface area (Å²) in [4.78, 5) is 0. The minimum absolute atomic E-state index is 0.105.